The molecular weight excluding hydrogens is 256 g/mol. The lowest BCUT2D eigenvalue weighted by atomic mass is 9.84. The number of piperazine rings is 1. The standard InChI is InChI=1S/C19H40N2/c1-6-8-9-10-11-12-13-14-21-16-18(19(3,4)5)20-15-17(21)7-2/h17-18,20H,6-16H2,1-5H3. The van der Waals surface area contributed by atoms with Crippen LogP contribution in [0, 0.1) is 5.41 Å². The summed E-state index contributed by atoms with van der Waals surface area (Å²) in [5.41, 5.74) is 0.372. The highest BCUT2D eigenvalue weighted by molar-refractivity contribution is 4.91. The first kappa shape index (κ1) is 19.0. The second-order valence-corrected chi connectivity index (χ2v) is 8.01. The molecule has 0 spiro atoms. The third-order valence-corrected chi connectivity index (χ3v) is 5.10. The summed E-state index contributed by atoms with van der Waals surface area (Å²) >= 11 is 0. The molecule has 1 aliphatic heterocycles. The van der Waals surface area contributed by atoms with Crippen LogP contribution in [-0.4, -0.2) is 36.6 Å². The first-order valence-corrected chi connectivity index (χ1v) is 9.46. The molecule has 0 aromatic rings. The molecule has 21 heavy (non-hydrogen) atoms. The van der Waals surface area contributed by atoms with Crippen LogP contribution in [-0.2, 0) is 0 Å². The fraction of sp³-hybridized carbons (Fsp3) is 1.00. The van der Waals surface area contributed by atoms with Gasteiger partial charge in [0, 0.05) is 25.2 Å². The zero-order valence-electron chi connectivity index (χ0n) is 15.4. The molecule has 126 valence electrons. The van der Waals surface area contributed by atoms with Gasteiger partial charge in [0.2, 0.25) is 0 Å². The maximum Gasteiger partial charge on any atom is 0.0244 e. The summed E-state index contributed by atoms with van der Waals surface area (Å²) in [5.74, 6) is 0. The van der Waals surface area contributed by atoms with E-state index in [1.165, 1.54) is 71.0 Å². The molecule has 2 atom stereocenters. The maximum atomic E-state index is 3.77. The van der Waals surface area contributed by atoms with E-state index in [-0.39, 0.29) is 0 Å². The molecule has 1 heterocycles. The Balaban J connectivity index is 2.26. The molecule has 1 N–H and O–H groups in total. The fourth-order valence-corrected chi connectivity index (χ4v) is 3.38. The molecule has 1 saturated heterocycles. The molecule has 0 saturated carbocycles. The Kier molecular flexibility index (Phi) is 8.89. The molecule has 1 rings (SSSR count). The van der Waals surface area contributed by atoms with E-state index in [1.54, 1.807) is 0 Å². The molecule has 0 aromatic carbocycles. The molecule has 2 unspecified atom stereocenters. The molecule has 1 aliphatic rings. The van der Waals surface area contributed by atoms with Crippen molar-refractivity contribution in [2.75, 3.05) is 19.6 Å². The van der Waals surface area contributed by atoms with Crippen molar-refractivity contribution in [3.8, 4) is 0 Å². The van der Waals surface area contributed by atoms with Crippen LogP contribution in [0.15, 0.2) is 0 Å². The number of hydrogen-bond donors (Lipinski definition) is 1. The van der Waals surface area contributed by atoms with Crippen molar-refractivity contribution in [2.45, 2.75) is 98.1 Å². The summed E-state index contributed by atoms with van der Waals surface area (Å²) in [7, 11) is 0. The number of nitrogens with zero attached hydrogens (tertiary/aromatic N) is 1. The summed E-state index contributed by atoms with van der Waals surface area (Å²) in [4.78, 5) is 2.76. The average molecular weight is 297 g/mol. The van der Waals surface area contributed by atoms with E-state index in [2.05, 4.69) is 44.8 Å². The summed E-state index contributed by atoms with van der Waals surface area (Å²) < 4.78 is 0. The van der Waals surface area contributed by atoms with Gasteiger partial charge in [0.15, 0.2) is 0 Å². The minimum absolute atomic E-state index is 0.372. The van der Waals surface area contributed by atoms with Crippen molar-refractivity contribution in [1.82, 2.24) is 10.2 Å². The van der Waals surface area contributed by atoms with Crippen LogP contribution in [0.5, 0.6) is 0 Å². The van der Waals surface area contributed by atoms with Crippen molar-refractivity contribution in [3.63, 3.8) is 0 Å². The number of rotatable bonds is 9. The van der Waals surface area contributed by atoms with Gasteiger partial charge < -0.3 is 5.32 Å². The molecule has 0 bridgehead atoms. The SMILES string of the molecule is CCCCCCCCCN1CC(C(C)(C)C)NCC1CC. The lowest BCUT2D eigenvalue weighted by molar-refractivity contribution is 0.0820. The molecule has 0 aliphatic carbocycles. The van der Waals surface area contributed by atoms with Crippen LogP contribution in [0.3, 0.4) is 0 Å². The van der Waals surface area contributed by atoms with E-state index in [4.69, 9.17) is 0 Å². The van der Waals surface area contributed by atoms with Crippen LogP contribution >= 0.6 is 0 Å². The van der Waals surface area contributed by atoms with Gasteiger partial charge in [-0.25, -0.2) is 0 Å². The van der Waals surface area contributed by atoms with Gasteiger partial charge in [-0.05, 0) is 24.8 Å². The minimum Gasteiger partial charge on any atom is -0.311 e. The Morgan fingerprint density at radius 2 is 1.57 bits per heavy atom. The van der Waals surface area contributed by atoms with Crippen LogP contribution in [0.25, 0.3) is 0 Å². The lowest BCUT2D eigenvalue weighted by Crippen LogP contribution is -2.60. The Labute approximate surface area is 134 Å². The number of nitrogens with one attached hydrogen (secondary N) is 1. The van der Waals surface area contributed by atoms with Crippen LogP contribution in [0.4, 0.5) is 0 Å². The quantitative estimate of drug-likeness (QED) is 0.613. The largest absolute Gasteiger partial charge is 0.311 e. The van der Waals surface area contributed by atoms with Gasteiger partial charge in [0.05, 0.1) is 0 Å². The first-order valence-electron chi connectivity index (χ1n) is 9.46. The minimum atomic E-state index is 0.372. The van der Waals surface area contributed by atoms with Gasteiger partial charge in [0.25, 0.3) is 0 Å². The van der Waals surface area contributed by atoms with E-state index in [9.17, 15) is 0 Å². The van der Waals surface area contributed by atoms with Crippen LogP contribution < -0.4 is 5.32 Å². The van der Waals surface area contributed by atoms with Crippen molar-refractivity contribution < 1.29 is 0 Å². The van der Waals surface area contributed by atoms with Crippen molar-refractivity contribution in [3.05, 3.63) is 0 Å². The predicted molar refractivity (Wildman–Crippen MR) is 94.9 cm³/mol. The van der Waals surface area contributed by atoms with Gasteiger partial charge in [-0.1, -0.05) is 73.1 Å². The van der Waals surface area contributed by atoms with E-state index >= 15 is 0 Å². The zero-order valence-corrected chi connectivity index (χ0v) is 15.4. The second-order valence-electron chi connectivity index (χ2n) is 8.01. The third kappa shape index (κ3) is 7.15. The molecule has 2 heteroatoms. The Bertz CT molecular complexity index is 257. The fourth-order valence-electron chi connectivity index (χ4n) is 3.38. The van der Waals surface area contributed by atoms with Crippen LogP contribution in [0.1, 0.15) is 86.0 Å². The lowest BCUT2D eigenvalue weighted by Gasteiger charge is -2.45. The van der Waals surface area contributed by atoms with Gasteiger partial charge in [-0.2, -0.15) is 0 Å². The monoisotopic (exact) mass is 296 g/mol. The average Bonchev–Trinajstić information content (AvgIpc) is 2.45. The maximum absolute atomic E-state index is 3.77. The summed E-state index contributed by atoms with van der Waals surface area (Å²) in [5, 5.41) is 3.77. The second kappa shape index (κ2) is 9.84. The van der Waals surface area contributed by atoms with Gasteiger partial charge in [-0.3, -0.25) is 4.90 Å². The highest BCUT2D eigenvalue weighted by Gasteiger charge is 2.32. The van der Waals surface area contributed by atoms with Gasteiger partial charge >= 0.3 is 0 Å². The number of unbranched alkanes of at least 4 members (excludes halogenated alkanes) is 6. The smallest absolute Gasteiger partial charge is 0.0244 e. The summed E-state index contributed by atoms with van der Waals surface area (Å²) in [6.07, 6.45) is 11.2. The summed E-state index contributed by atoms with van der Waals surface area (Å²) in [6, 6.07) is 1.40. The molecule has 0 amide bonds. The Hall–Kier alpha value is -0.0800. The Morgan fingerprint density at radius 1 is 0.952 bits per heavy atom. The zero-order chi connectivity index (χ0) is 15.7. The van der Waals surface area contributed by atoms with Crippen molar-refractivity contribution in [1.29, 1.82) is 0 Å². The normalized spacial score (nSPS) is 24.4. The van der Waals surface area contributed by atoms with E-state index in [1.807, 2.05) is 0 Å². The molecule has 2 nitrogen and oxygen atoms in total. The molecular formula is C19H40N2. The van der Waals surface area contributed by atoms with E-state index in [0.29, 0.717) is 11.5 Å². The van der Waals surface area contributed by atoms with Gasteiger partial charge in [-0.15, -0.1) is 0 Å². The molecule has 1 fully saturated rings. The number of hydrogen-bond acceptors (Lipinski definition) is 2. The predicted octanol–water partition coefficient (Wildman–Crippen LogP) is 4.84. The van der Waals surface area contributed by atoms with E-state index < -0.39 is 0 Å². The third-order valence-electron chi connectivity index (χ3n) is 5.10. The van der Waals surface area contributed by atoms with Gasteiger partial charge in [0.1, 0.15) is 0 Å². The van der Waals surface area contributed by atoms with Crippen LogP contribution in [0.2, 0.25) is 0 Å². The van der Waals surface area contributed by atoms with Crippen molar-refractivity contribution >= 4 is 0 Å². The first-order chi connectivity index (χ1) is 9.99. The Morgan fingerprint density at radius 3 is 2.14 bits per heavy atom. The summed E-state index contributed by atoms with van der Waals surface area (Å²) in [6.45, 7) is 15.4. The molecule has 0 radical (unpaired) electrons. The highest BCUT2D eigenvalue weighted by atomic mass is 15.2. The molecule has 0 aromatic heterocycles. The van der Waals surface area contributed by atoms with Crippen molar-refractivity contribution in [2.24, 2.45) is 5.41 Å². The highest BCUT2D eigenvalue weighted by Crippen LogP contribution is 2.24. The topological polar surface area (TPSA) is 15.3 Å². The van der Waals surface area contributed by atoms with E-state index in [0.717, 1.165) is 6.04 Å².